The van der Waals surface area contributed by atoms with Crippen molar-refractivity contribution in [2.75, 3.05) is 0 Å². The van der Waals surface area contributed by atoms with E-state index in [-0.39, 0.29) is 16.8 Å². The molecule has 10 heteroatoms. The summed E-state index contributed by atoms with van der Waals surface area (Å²) in [5.74, 6) is -1.20. The highest BCUT2D eigenvalue weighted by Crippen LogP contribution is 2.28. The van der Waals surface area contributed by atoms with E-state index in [0.29, 0.717) is 0 Å². The molecule has 1 N–H and O–H groups in total. The van der Waals surface area contributed by atoms with Gasteiger partial charge in [-0.25, -0.2) is 4.68 Å². The molecule has 0 spiro atoms. The molecule has 0 saturated carbocycles. The first kappa shape index (κ1) is 15.1. The molecule has 0 aliphatic rings. The number of aromatic hydroxyl groups is 1. The van der Waals surface area contributed by atoms with Crippen molar-refractivity contribution >= 4 is 17.2 Å². The number of aryl methyl sites for hydroxylation is 2. The summed E-state index contributed by atoms with van der Waals surface area (Å²) >= 11 is 0. The summed E-state index contributed by atoms with van der Waals surface area (Å²) in [7, 11) is 1.41. The molecule has 0 bridgehead atoms. The van der Waals surface area contributed by atoms with Gasteiger partial charge in [-0.3, -0.25) is 25.0 Å². The van der Waals surface area contributed by atoms with Crippen LogP contribution in [0.4, 0.5) is 11.4 Å². The van der Waals surface area contributed by atoms with Crippen LogP contribution < -0.4 is 0 Å². The van der Waals surface area contributed by atoms with E-state index in [2.05, 4.69) is 5.10 Å². The van der Waals surface area contributed by atoms with Gasteiger partial charge in [0.1, 0.15) is 5.56 Å². The molecule has 0 unspecified atom stereocenters. The predicted octanol–water partition coefficient (Wildman–Crippen LogP) is 1.48. The number of nitro benzene ring substituents is 2. The van der Waals surface area contributed by atoms with Gasteiger partial charge in [0.15, 0.2) is 0 Å². The lowest BCUT2D eigenvalue weighted by Gasteiger charge is -2.02. The maximum atomic E-state index is 12.4. The largest absolute Gasteiger partial charge is 0.493 e. The molecule has 0 saturated heterocycles. The van der Waals surface area contributed by atoms with Crippen LogP contribution in [-0.4, -0.2) is 30.5 Å². The van der Waals surface area contributed by atoms with E-state index in [0.717, 1.165) is 22.9 Å². The lowest BCUT2D eigenvalue weighted by Crippen LogP contribution is -2.05. The Balaban J connectivity index is 2.63. The molecule has 2 aromatic rings. The molecule has 1 aromatic carbocycles. The second kappa shape index (κ2) is 5.24. The van der Waals surface area contributed by atoms with Crippen LogP contribution in [-0.2, 0) is 7.05 Å². The van der Waals surface area contributed by atoms with E-state index in [1.54, 1.807) is 0 Å². The first-order valence-electron chi connectivity index (χ1n) is 5.93. The van der Waals surface area contributed by atoms with Crippen molar-refractivity contribution in [2.24, 2.45) is 7.05 Å². The number of nitrogens with zero attached hydrogens (tertiary/aromatic N) is 4. The summed E-state index contributed by atoms with van der Waals surface area (Å²) in [6.07, 6.45) is 0. The predicted molar refractivity (Wildman–Crippen MR) is 72.8 cm³/mol. The minimum Gasteiger partial charge on any atom is -0.493 e. The van der Waals surface area contributed by atoms with Gasteiger partial charge in [-0.05, 0) is 6.92 Å². The highest BCUT2D eigenvalue weighted by molar-refractivity contribution is 6.11. The monoisotopic (exact) mass is 306 g/mol. The van der Waals surface area contributed by atoms with E-state index < -0.39 is 32.9 Å². The zero-order chi connectivity index (χ0) is 16.6. The quantitative estimate of drug-likeness (QED) is 0.512. The minimum absolute atomic E-state index is 0.155. The van der Waals surface area contributed by atoms with Crippen molar-refractivity contribution in [2.45, 2.75) is 6.92 Å². The van der Waals surface area contributed by atoms with Gasteiger partial charge in [-0.1, -0.05) is 0 Å². The molecule has 0 fully saturated rings. The van der Waals surface area contributed by atoms with Gasteiger partial charge in [0.05, 0.1) is 21.6 Å². The number of ketones is 1. The molecule has 0 aliphatic carbocycles. The second-order valence-electron chi connectivity index (χ2n) is 4.49. The summed E-state index contributed by atoms with van der Waals surface area (Å²) in [6.45, 7) is 1.47. The number of hydrogen-bond acceptors (Lipinski definition) is 7. The molecular weight excluding hydrogens is 296 g/mol. The number of nitro groups is 2. The van der Waals surface area contributed by atoms with Crippen LogP contribution in [0.1, 0.15) is 21.6 Å². The normalized spacial score (nSPS) is 10.5. The molecule has 2 rings (SSSR count). The zero-order valence-electron chi connectivity index (χ0n) is 11.5. The molecule has 1 aromatic heterocycles. The van der Waals surface area contributed by atoms with Gasteiger partial charge in [0.2, 0.25) is 11.7 Å². The van der Waals surface area contributed by atoms with Crippen LogP contribution in [0.3, 0.4) is 0 Å². The average Bonchev–Trinajstić information content (AvgIpc) is 2.70. The first-order valence-corrected chi connectivity index (χ1v) is 5.93. The van der Waals surface area contributed by atoms with Crippen molar-refractivity contribution < 1.29 is 19.7 Å². The van der Waals surface area contributed by atoms with E-state index in [9.17, 15) is 30.1 Å². The molecular formula is C12H10N4O6. The van der Waals surface area contributed by atoms with Crippen molar-refractivity contribution in [3.05, 3.63) is 55.2 Å². The molecule has 10 nitrogen and oxygen atoms in total. The molecule has 0 radical (unpaired) electrons. The van der Waals surface area contributed by atoms with Crippen LogP contribution in [0.15, 0.2) is 18.2 Å². The first-order chi connectivity index (χ1) is 10.2. The summed E-state index contributed by atoms with van der Waals surface area (Å²) in [5.41, 5.74) is -1.39. The molecule has 1 heterocycles. The Morgan fingerprint density at radius 2 is 1.68 bits per heavy atom. The van der Waals surface area contributed by atoms with Gasteiger partial charge < -0.3 is 5.11 Å². The molecule has 0 amide bonds. The van der Waals surface area contributed by atoms with Crippen LogP contribution >= 0.6 is 0 Å². The number of carbonyl (C=O) groups excluding carboxylic acids is 1. The summed E-state index contributed by atoms with van der Waals surface area (Å²) in [6, 6.07) is 2.59. The fraction of sp³-hybridized carbons (Fsp3) is 0.167. The van der Waals surface area contributed by atoms with Crippen LogP contribution in [0.25, 0.3) is 0 Å². The molecule has 0 atom stereocenters. The summed E-state index contributed by atoms with van der Waals surface area (Å²) in [5, 5.41) is 35.3. The van der Waals surface area contributed by atoms with Gasteiger partial charge in [0.25, 0.3) is 11.4 Å². The van der Waals surface area contributed by atoms with Crippen molar-refractivity contribution in [1.29, 1.82) is 0 Å². The van der Waals surface area contributed by atoms with Gasteiger partial charge in [-0.15, -0.1) is 0 Å². The zero-order valence-corrected chi connectivity index (χ0v) is 11.5. The van der Waals surface area contributed by atoms with Crippen LogP contribution in [0.5, 0.6) is 5.88 Å². The fourth-order valence-corrected chi connectivity index (χ4v) is 1.99. The third-order valence-corrected chi connectivity index (χ3v) is 3.01. The van der Waals surface area contributed by atoms with Crippen LogP contribution in [0.2, 0.25) is 0 Å². The number of hydrogen-bond donors (Lipinski definition) is 1. The molecule has 0 aliphatic heterocycles. The van der Waals surface area contributed by atoms with E-state index in [4.69, 9.17) is 0 Å². The smallest absolute Gasteiger partial charge is 0.277 e. The fourth-order valence-electron chi connectivity index (χ4n) is 1.99. The SMILES string of the molecule is Cc1nn(C)c(O)c1C(=O)c1cc([N+](=O)[O-])cc([N+](=O)[O-])c1. The Hall–Kier alpha value is -3.30. The Morgan fingerprint density at radius 1 is 1.18 bits per heavy atom. The van der Waals surface area contributed by atoms with Gasteiger partial charge in [0, 0.05) is 24.7 Å². The Bertz CT molecular complexity index is 778. The molecule has 114 valence electrons. The Labute approximate surface area is 122 Å². The maximum Gasteiger partial charge on any atom is 0.277 e. The number of aromatic nitrogens is 2. The third kappa shape index (κ3) is 2.49. The minimum atomic E-state index is -0.834. The van der Waals surface area contributed by atoms with Crippen molar-refractivity contribution in [3.8, 4) is 5.88 Å². The lowest BCUT2D eigenvalue weighted by molar-refractivity contribution is -0.394. The van der Waals surface area contributed by atoms with Gasteiger partial charge in [-0.2, -0.15) is 5.10 Å². The second-order valence-corrected chi connectivity index (χ2v) is 4.49. The van der Waals surface area contributed by atoms with E-state index in [1.165, 1.54) is 14.0 Å². The average molecular weight is 306 g/mol. The number of rotatable bonds is 4. The van der Waals surface area contributed by atoms with Crippen LogP contribution in [0, 0.1) is 27.2 Å². The number of benzene rings is 1. The van der Waals surface area contributed by atoms with Crippen molar-refractivity contribution in [3.63, 3.8) is 0 Å². The highest BCUT2D eigenvalue weighted by Gasteiger charge is 2.25. The molecule has 22 heavy (non-hydrogen) atoms. The number of carbonyl (C=O) groups is 1. The summed E-state index contributed by atoms with van der Waals surface area (Å²) in [4.78, 5) is 32.4. The standard InChI is InChI=1S/C12H10N4O6/c1-6-10(12(18)14(2)13-6)11(17)7-3-8(15(19)20)5-9(4-7)16(21)22/h3-5,18H,1-2H3. The third-order valence-electron chi connectivity index (χ3n) is 3.01. The Kier molecular flexibility index (Phi) is 3.59. The Morgan fingerprint density at radius 3 is 2.05 bits per heavy atom. The topological polar surface area (TPSA) is 141 Å². The van der Waals surface area contributed by atoms with E-state index in [1.807, 2.05) is 0 Å². The number of non-ortho nitro benzene ring substituents is 2. The van der Waals surface area contributed by atoms with Crippen molar-refractivity contribution in [1.82, 2.24) is 9.78 Å². The van der Waals surface area contributed by atoms with Gasteiger partial charge >= 0.3 is 0 Å². The lowest BCUT2D eigenvalue weighted by atomic mass is 10.0. The van der Waals surface area contributed by atoms with E-state index >= 15 is 0 Å². The highest BCUT2D eigenvalue weighted by atomic mass is 16.6. The maximum absolute atomic E-state index is 12.4. The summed E-state index contributed by atoms with van der Waals surface area (Å²) < 4.78 is 1.06.